The van der Waals surface area contributed by atoms with Crippen LogP contribution in [0.2, 0.25) is 0 Å². The van der Waals surface area contributed by atoms with Gasteiger partial charge in [0, 0.05) is 0 Å². The van der Waals surface area contributed by atoms with Crippen LogP contribution in [0.15, 0.2) is 35.3 Å². The summed E-state index contributed by atoms with van der Waals surface area (Å²) >= 11 is 0. The number of nitriles is 1. The highest BCUT2D eigenvalue weighted by Gasteiger charge is 2.00. The van der Waals surface area contributed by atoms with Gasteiger partial charge in [-0.1, -0.05) is 18.2 Å². The van der Waals surface area contributed by atoms with Crippen LogP contribution in [0.1, 0.15) is 0 Å². The number of para-hydroxylation sites is 1. The van der Waals surface area contributed by atoms with Gasteiger partial charge < -0.3 is 4.74 Å². The average Bonchev–Trinajstić information content (AvgIpc) is 2.20. The third-order valence-electron chi connectivity index (χ3n) is 1.30. The van der Waals surface area contributed by atoms with Gasteiger partial charge in [-0.2, -0.15) is 5.26 Å². The predicted molar refractivity (Wildman–Crippen MR) is 50.3 cm³/mol. The maximum Gasteiger partial charge on any atom is 0.330 e. The summed E-state index contributed by atoms with van der Waals surface area (Å²) in [6.45, 7) is 0. The van der Waals surface area contributed by atoms with Crippen molar-refractivity contribution < 1.29 is 9.57 Å². The summed E-state index contributed by atoms with van der Waals surface area (Å²) in [5.74, 6) is 0.575. The largest absolute Gasteiger partial charge is 0.424 e. The molecule has 0 amide bonds. The zero-order valence-corrected chi connectivity index (χ0v) is 7.60. The Morgan fingerprint density at radius 3 is 2.71 bits per heavy atom. The van der Waals surface area contributed by atoms with Crippen molar-refractivity contribution in [1.82, 2.24) is 5.48 Å². The number of rotatable bonds is 2. The first-order valence-corrected chi connectivity index (χ1v) is 3.85. The van der Waals surface area contributed by atoms with E-state index >= 15 is 0 Å². The van der Waals surface area contributed by atoms with Crippen LogP contribution in [0.25, 0.3) is 0 Å². The van der Waals surface area contributed by atoms with Crippen LogP contribution < -0.4 is 10.2 Å². The molecule has 0 aliphatic heterocycles. The SMILES string of the molecule is CONC(=NC#N)Oc1ccccc1. The van der Waals surface area contributed by atoms with Crippen molar-refractivity contribution in [1.29, 1.82) is 5.26 Å². The van der Waals surface area contributed by atoms with Crippen molar-refractivity contribution in [2.75, 3.05) is 7.11 Å². The van der Waals surface area contributed by atoms with Gasteiger partial charge in [0.05, 0.1) is 7.11 Å². The van der Waals surface area contributed by atoms with Gasteiger partial charge >= 0.3 is 6.02 Å². The highest BCUT2D eigenvalue weighted by atomic mass is 16.7. The lowest BCUT2D eigenvalue weighted by molar-refractivity contribution is 0.130. The molecular formula is C9H9N3O2. The second-order valence-corrected chi connectivity index (χ2v) is 2.24. The third-order valence-corrected chi connectivity index (χ3v) is 1.30. The minimum atomic E-state index is 0.00111. The minimum absolute atomic E-state index is 0.00111. The Labute approximate surface area is 81.5 Å². The van der Waals surface area contributed by atoms with E-state index in [1.165, 1.54) is 7.11 Å². The molecule has 0 radical (unpaired) electrons. The lowest BCUT2D eigenvalue weighted by atomic mass is 10.3. The van der Waals surface area contributed by atoms with Crippen molar-refractivity contribution in [2.45, 2.75) is 0 Å². The Morgan fingerprint density at radius 1 is 1.43 bits per heavy atom. The molecule has 0 heterocycles. The van der Waals surface area contributed by atoms with Crippen LogP contribution in [0, 0.1) is 11.5 Å². The first kappa shape index (κ1) is 10.0. The molecule has 0 atom stereocenters. The third kappa shape index (κ3) is 3.13. The first-order chi connectivity index (χ1) is 6.86. The summed E-state index contributed by atoms with van der Waals surface area (Å²) in [6.07, 6.45) is 1.59. The van der Waals surface area contributed by atoms with Crippen LogP contribution in [0.5, 0.6) is 5.75 Å². The Morgan fingerprint density at radius 2 is 2.14 bits per heavy atom. The predicted octanol–water partition coefficient (Wildman–Crippen LogP) is 1.05. The molecule has 0 spiro atoms. The van der Waals surface area contributed by atoms with Gasteiger partial charge in [0.15, 0.2) is 0 Å². The molecule has 0 bridgehead atoms. The Balaban J connectivity index is 2.66. The number of aliphatic imine (C=N–C) groups is 1. The Hall–Kier alpha value is -2.06. The summed E-state index contributed by atoms with van der Waals surface area (Å²) < 4.78 is 5.19. The lowest BCUT2D eigenvalue weighted by Gasteiger charge is -2.06. The topological polar surface area (TPSA) is 66.6 Å². The smallest absolute Gasteiger partial charge is 0.330 e. The molecule has 0 unspecified atom stereocenters. The highest BCUT2D eigenvalue weighted by Crippen LogP contribution is 2.07. The van der Waals surface area contributed by atoms with Gasteiger partial charge in [0.1, 0.15) is 5.75 Å². The number of hydrogen-bond acceptors (Lipinski definition) is 4. The zero-order valence-electron chi connectivity index (χ0n) is 7.60. The van der Waals surface area contributed by atoms with Crippen LogP contribution in [0.3, 0.4) is 0 Å². The number of amidine groups is 1. The van der Waals surface area contributed by atoms with Gasteiger partial charge in [-0.15, -0.1) is 4.99 Å². The quantitative estimate of drug-likeness (QED) is 0.328. The van der Waals surface area contributed by atoms with E-state index in [4.69, 9.17) is 10.00 Å². The van der Waals surface area contributed by atoms with Crippen LogP contribution in [0.4, 0.5) is 0 Å². The number of hydroxylamine groups is 1. The number of nitrogens with one attached hydrogen (secondary N) is 1. The van der Waals surface area contributed by atoms with Crippen molar-refractivity contribution in [3.8, 4) is 11.9 Å². The van der Waals surface area contributed by atoms with Gasteiger partial charge in [-0.25, -0.2) is 5.48 Å². The molecule has 1 rings (SSSR count). The van der Waals surface area contributed by atoms with E-state index < -0.39 is 0 Å². The number of ether oxygens (including phenoxy) is 1. The van der Waals surface area contributed by atoms with Crippen molar-refractivity contribution in [2.24, 2.45) is 4.99 Å². The van der Waals surface area contributed by atoms with Gasteiger partial charge in [-0.05, 0) is 12.1 Å². The molecule has 1 aromatic carbocycles. The average molecular weight is 191 g/mol. The Bertz CT molecular complexity index is 343. The summed E-state index contributed by atoms with van der Waals surface area (Å²) in [5, 5.41) is 8.33. The van der Waals surface area contributed by atoms with E-state index in [0.717, 1.165) is 0 Å². The van der Waals surface area contributed by atoms with Crippen LogP contribution in [-0.4, -0.2) is 13.1 Å². The van der Waals surface area contributed by atoms with Crippen molar-refractivity contribution >= 4 is 6.02 Å². The maximum atomic E-state index is 8.33. The molecule has 0 aromatic heterocycles. The number of hydrogen-bond donors (Lipinski definition) is 1. The summed E-state index contributed by atoms with van der Waals surface area (Å²) in [7, 11) is 1.40. The summed E-state index contributed by atoms with van der Waals surface area (Å²) in [6, 6.07) is 8.96. The molecule has 5 nitrogen and oxygen atoms in total. The standard InChI is InChI=1S/C9H9N3O2/c1-13-12-9(11-7-10)14-8-5-3-2-4-6-8/h2-6H,1H3,(H,11,12). The molecule has 72 valence electrons. The molecule has 0 aliphatic carbocycles. The lowest BCUT2D eigenvalue weighted by Crippen LogP contribution is -2.27. The molecule has 0 fully saturated rings. The zero-order chi connectivity index (χ0) is 10.2. The van der Waals surface area contributed by atoms with E-state index in [1.54, 1.807) is 18.3 Å². The number of benzene rings is 1. The molecule has 0 aliphatic rings. The minimum Gasteiger partial charge on any atom is -0.424 e. The fourth-order valence-electron chi connectivity index (χ4n) is 0.799. The van der Waals surface area contributed by atoms with E-state index in [9.17, 15) is 0 Å². The van der Waals surface area contributed by atoms with Gasteiger partial charge in [-0.3, -0.25) is 4.84 Å². The molecule has 0 saturated heterocycles. The second kappa shape index (κ2) is 5.56. The van der Waals surface area contributed by atoms with Gasteiger partial charge in [0.25, 0.3) is 0 Å². The molecule has 1 aromatic rings. The van der Waals surface area contributed by atoms with E-state index in [0.29, 0.717) is 5.75 Å². The van der Waals surface area contributed by atoms with E-state index in [-0.39, 0.29) is 6.02 Å². The first-order valence-electron chi connectivity index (χ1n) is 3.85. The molecule has 1 N–H and O–H groups in total. The van der Waals surface area contributed by atoms with Crippen molar-refractivity contribution in [3.05, 3.63) is 30.3 Å². The monoisotopic (exact) mass is 191 g/mol. The summed E-state index contributed by atoms with van der Waals surface area (Å²) in [5.41, 5.74) is 2.34. The van der Waals surface area contributed by atoms with E-state index in [2.05, 4.69) is 15.3 Å². The molecule has 5 heteroatoms. The normalized spacial score (nSPS) is 10.4. The fourth-order valence-corrected chi connectivity index (χ4v) is 0.799. The maximum absolute atomic E-state index is 8.33. The Kier molecular flexibility index (Phi) is 3.98. The van der Waals surface area contributed by atoms with Gasteiger partial charge in [0.2, 0.25) is 6.19 Å². The van der Waals surface area contributed by atoms with E-state index in [1.807, 2.05) is 18.2 Å². The van der Waals surface area contributed by atoms with Crippen LogP contribution in [-0.2, 0) is 4.84 Å². The molecule has 14 heavy (non-hydrogen) atoms. The fraction of sp³-hybridized carbons (Fsp3) is 0.111. The number of nitrogens with zero attached hydrogens (tertiary/aromatic N) is 2. The molecule has 0 saturated carbocycles. The summed E-state index contributed by atoms with van der Waals surface area (Å²) in [4.78, 5) is 7.94. The second-order valence-electron chi connectivity index (χ2n) is 2.24. The van der Waals surface area contributed by atoms with Crippen molar-refractivity contribution in [3.63, 3.8) is 0 Å². The molecular weight excluding hydrogens is 182 g/mol. The highest BCUT2D eigenvalue weighted by molar-refractivity contribution is 5.75. The van der Waals surface area contributed by atoms with Crippen LogP contribution >= 0.6 is 0 Å².